The van der Waals surface area contributed by atoms with E-state index in [1.165, 1.54) is 35.4 Å². The first kappa shape index (κ1) is 15.9. The van der Waals surface area contributed by atoms with E-state index >= 15 is 0 Å². The minimum absolute atomic E-state index is 0.0760. The topological polar surface area (TPSA) is 80.1 Å². The Morgan fingerprint density at radius 2 is 2.20 bits per heavy atom. The molecular weight excluding hydrogens is 370 g/mol. The number of nitrogens with one attached hydrogen (secondary N) is 1. The molecule has 1 aliphatic heterocycles. The first-order valence-electron chi connectivity index (χ1n) is 6.90. The van der Waals surface area contributed by atoms with Crippen molar-refractivity contribution in [3.05, 3.63) is 30.0 Å². The Kier molecular flexibility index (Phi) is 3.63. The van der Waals surface area contributed by atoms with Crippen LogP contribution < -0.4 is 14.8 Å². The summed E-state index contributed by atoms with van der Waals surface area (Å²) >= 11 is 2.82. The summed E-state index contributed by atoms with van der Waals surface area (Å²) < 4.78 is 37.2. The van der Waals surface area contributed by atoms with Gasteiger partial charge in [-0.05, 0) is 18.4 Å². The number of aromatic nitrogens is 2. The zero-order chi connectivity index (χ0) is 17.6. The Balaban J connectivity index is 1.84. The third-order valence-corrected chi connectivity index (χ3v) is 5.43. The summed E-state index contributed by atoms with van der Waals surface area (Å²) in [7, 11) is 0. The van der Waals surface area contributed by atoms with Crippen LogP contribution in [0, 0.1) is 11.3 Å². The van der Waals surface area contributed by atoms with Crippen molar-refractivity contribution in [1.29, 1.82) is 5.26 Å². The molecule has 0 saturated carbocycles. The smallest absolute Gasteiger partial charge is 0.395 e. The molecule has 3 aromatic rings. The van der Waals surface area contributed by atoms with Crippen LogP contribution in [0.25, 0.3) is 10.3 Å². The van der Waals surface area contributed by atoms with Crippen LogP contribution in [-0.4, -0.2) is 22.5 Å². The van der Waals surface area contributed by atoms with Crippen molar-refractivity contribution in [2.45, 2.75) is 10.6 Å². The number of halogens is 2. The average Bonchev–Trinajstić information content (AvgIpc) is 3.14. The maximum atomic E-state index is 13.4. The number of hydrogen-bond acceptors (Lipinski definition) is 8. The Bertz CT molecular complexity index is 1030. The molecule has 4 rings (SSSR count). The number of alkyl halides is 2. The number of fused-ring (bicyclic) bond motifs is 2. The Morgan fingerprint density at radius 3 is 2.96 bits per heavy atom. The van der Waals surface area contributed by atoms with Gasteiger partial charge in [0.15, 0.2) is 21.5 Å². The van der Waals surface area contributed by atoms with Crippen LogP contribution in [0.4, 0.5) is 20.2 Å². The third-order valence-electron chi connectivity index (χ3n) is 3.39. The van der Waals surface area contributed by atoms with Gasteiger partial charge in [0.05, 0.1) is 21.6 Å². The van der Waals surface area contributed by atoms with Crippen molar-refractivity contribution < 1.29 is 18.3 Å². The van der Waals surface area contributed by atoms with Gasteiger partial charge in [-0.1, -0.05) is 17.8 Å². The standard InChI is InChI=1S/C15H8F2N4O2S2/c1-24-14-21-13-12(25-14)10(7(5-18)6-19-13)20-8-3-2-4-9-11(8)23-15(16,17)22-9/h2-4,6H,1H3,(H,19,20). The van der Waals surface area contributed by atoms with Gasteiger partial charge in [0.1, 0.15) is 6.07 Å². The van der Waals surface area contributed by atoms with Gasteiger partial charge in [0.2, 0.25) is 0 Å². The van der Waals surface area contributed by atoms with Gasteiger partial charge >= 0.3 is 6.29 Å². The zero-order valence-corrected chi connectivity index (χ0v) is 14.2. The summed E-state index contributed by atoms with van der Waals surface area (Å²) in [6, 6.07) is 6.54. The maximum absolute atomic E-state index is 13.4. The van der Waals surface area contributed by atoms with Crippen LogP contribution in [0.5, 0.6) is 11.5 Å². The number of pyridine rings is 1. The van der Waals surface area contributed by atoms with Crippen LogP contribution in [0.1, 0.15) is 5.56 Å². The van der Waals surface area contributed by atoms with Gasteiger partial charge in [-0.25, -0.2) is 9.97 Å². The van der Waals surface area contributed by atoms with Gasteiger partial charge in [-0.3, -0.25) is 0 Å². The van der Waals surface area contributed by atoms with Gasteiger partial charge in [0, 0.05) is 6.20 Å². The molecular formula is C15H8F2N4O2S2. The predicted molar refractivity (Wildman–Crippen MR) is 89.8 cm³/mol. The first-order valence-corrected chi connectivity index (χ1v) is 8.94. The number of para-hydroxylation sites is 1. The van der Waals surface area contributed by atoms with Gasteiger partial charge in [0.25, 0.3) is 0 Å². The lowest BCUT2D eigenvalue weighted by atomic mass is 10.2. The van der Waals surface area contributed by atoms with Crippen molar-refractivity contribution in [2.24, 2.45) is 0 Å². The van der Waals surface area contributed by atoms with Crippen LogP contribution in [0.3, 0.4) is 0 Å². The lowest BCUT2D eigenvalue weighted by Gasteiger charge is -2.11. The first-order chi connectivity index (χ1) is 12.0. The number of rotatable bonds is 3. The quantitative estimate of drug-likeness (QED) is 0.679. The van der Waals surface area contributed by atoms with Gasteiger partial charge in [-0.2, -0.15) is 5.26 Å². The summed E-state index contributed by atoms with van der Waals surface area (Å²) in [5.41, 5.74) is 1.45. The monoisotopic (exact) mass is 378 g/mol. The molecule has 0 spiro atoms. The minimum atomic E-state index is -3.72. The largest absolute Gasteiger partial charge is 0.586 e. The van der Waals surface area contributed by atoms with E-state index in [-0.39, 0.29) is 22.7 Å². The second-order valence-electron chi connectivity index (χ2n) is 4.92. The van der Waals surface area contributed by atoms with Crippen LogP contribution in [0.2, 0.25) is 0 Å². The van der Waals surface area contributed by atoms with Crippen LogP contribution >= 0.6 is 23.1 Å². The highest BCUT2D eigenvalue weighted by molar-refractivity contribution is 8.00. The highest BCUT2D eigenvalue weighted by atomic mass is 32.2. The molecule has 0 fully saturated rings. The number of thioether (sulfide) groups is 1. The summed E-state index contributed by atoms with van der Waals surface area (Å²) in [6.07, 6.45) is -0.445. The van der Waals surface area contributed by atoms with E-state index in [1.807, 2.05) is 12.3 Å². The lowest BCUT2D eigenvalue weighted by molar-refractivity contribution is -0.286. The zero-order valence-electron chi connectivity index (χ0n) is 12.5. The van der Waals surface area contributed by atoms with E-state index in [4.69, 9.17) is 0 Å². The Labute approximate surface area is 148 Å². The fourth-order valence-electron chi connectivity index (χ4n) is 2.35. The van der Waals surface area contributed by atoms with Crippen LogP contribution in [-0.2, 0) is 0 Å². The normalized spacial score (nSPS) is 14.5. The van der Waals surface area contributed by atoms with Gasteiger partial charge in [-0.15, -0.1) is 20.1 Å². The lowest BCUT2D eigenvalue weighted by Crippen LogP contribution is -2.26. The highest BCUT2D eigenvalue weighted by Gasteiger charge is 2.44. The van der Waals surface area contributed by atoms with Crippen molar-refractivity contribution in [3.63, 3.8) is 0 Å². The van der Waals surface area contributed by atoms with Crippen molar-refractivity contribution >= 4 is 44.8 Å². The molecule has 10 heteroatoms. The fraction of sp³-hybridized carbons (Fsp3) is 0.133. The summed E-state index contributed by atoms with van der Waals surface area (Å²) in [5.74, 6) is -0.191. The molecule has 126 valence electrons. The average molecular weight is 378 g/mol. The number of benzene rings is 1. The van der Waals surface area contributed by atoms with E-state index in [0.717, 1.165) is 4.34 Å². The Morgan fingerprint density at radius 1 is 1.36 bits per heavy atom. The van der Waals surface area contributed by atoms with E-state index in [0.29, 0.717) is 16.0 Å². The van der Waals surface area contributed by atoms with E-state index in [1.54, 1.807) is 12.1 Å². The number of nitrogens with zero attached hydrogens (tertiary/aromatic N) is 3. The molecule has 1 aromatic carbocycles. The molecule has 3 heterocycles. The number of ether oxygens (including phenoxy) is 2. The molecule has 6 nitrogen and oxygen atoms in total. The number of nitriles is 1. The maximum Gasteiger partial charge on any atom is 0.586 e. The summed E-state index contributed by atoms with van der Waals surface area (Å²) in [4.78, 5) is 8.52. The SMILES string of the molecule is CSc1nc2ncc(C#N)c(Nc3cccc4c3OC(F)(F)O4)c2s1. The third kappa shape index (κ3) is 2.71. The summed E-state index contributed by atoms with van der Waals surface area (Å²) in [6.45, 7) is 0. The van der Waals surface area contributed by atoms with E-state index in [9.17, 15) is 14.0 Å². The number of anilines is 2. The van der Waals surface area contributed by atoms with Gasteiger partial charge < -0.3 is 14.8 Å². The summed E-state index contributed by atoms with van der Waals surface area (Å²) in [5, 5.41) is 12.4. The molecule has 2 aromatic heterocycles. The van der Waals surface area contributed by atoms with E-state index in [2.05, 4.69) is 24.8 Å². The second kappa shape index (κ2) is 5.72. The molecule has 1 aliphatic rings. The van der Waals surface area contributed by atoms with Crippen molar-refractivity contribution in [3.8, 4) is 17.6 Å². The second-order valence-corrected chi connectivity index (χ2v) is 6.97. The predicted octanol–water partition coefficient (Wildman–Crippen LogP) is 4.35. The van der Waals surface area contributed by atoms with E-state index < -0.39 is 6.29 Å². The molecule has 0 radical (unpaired) electrons. The van der Waals surface area contributed by atoms with Crippen molar-refractivity contribution in [1.82, 2.24) is 9.97 Å². The molecule has 25 heavy (non-hydrogen) atoms. The fourth-order valence-corrected chi connectivity index (χ4v) is 3.87. The number of hydrogen-bond donors (Lipinski definition) is 1. The molecule has 0 amide bonds. The van der Waals surface area contributed by atoms with Crippen LogP contribution in [0.15, 0.2) is 28.7 Å². The molecule has 0 aliphatic carbocycles. The highest BCUT2D eigenvalue weighted by Crippen LogP contribution is 2.47. The molecule has 1 N–H and O–H groups in total. The Hall–Kier alpha value is -2.64. The number of thiazole rings is 1. The molecule has 0 saturated heterocycles. The minimum Gasteiger partial charge on any atom is -0.395 e. The van der Waals surface area contributed by atoms with Crippen molar-refractivity contribution in [2.75, 3.05) is 11.6 Å². The molecule has 0 unspecified atom stereocenters. The molecule has 0 atom stereocenters. The molecule has 0 bridgehead atoms.